The van der Waals surface area contributed by atoms with Gasteiger partial charge in [0.1, 0.15) is 0 Å². The van der Waals surface area contributed by atoms with Gasteiger partial charge in [-0.25, -0.2) is 13.1 Å². The van der Waals surface area contributed by atoms with E-state index in [0.29, 0.717) is 27.4 Å². The van der Waals surface area contributed by atoms with Crippen LogP contribution in [-0.4, -0.2) is 19.6 Å². The normalized spacial score (nSPS) is 28.2. The van der Waals surface area contributed by atoms with Crippen LogP contribution in [0.3, 0.4) is 0 Å². The Kier molecular flexibility index (Phi) is 4.16. The number of fused-ring (bicyclic) bond motifs is 2. The maximum absolute atomic E-state index is 12.7. The summed E-state index contributed by atoms with van der Waals surface area (Å²) in [5.74, 6) is 1.19. The first kappa shape index (κ1) is 15.5. The molecule has 6 heteroatoms. The number of aliphatic hydroxyl groups is 1. The van der Waals surface area contributed by atoms with Crippen molar-refractivity contribution >= 4 is 26.0 Å². The fraction of sp³-hybridized carbons (Fsp3) is 0.600. The van der Waals surface area contributed by atoms with E-state index >= 15 is 0 Å². The maximum Gasteiger partial charge on any atom is 0.241 e. The molecule has 2 fully saturated rings. The summed E-state index contributed by atoms with van der Waals surface area (Å²) in [6.07, 6.45) is 4.50. The molecule has 2 bridgehead atoms. The molecule has 0 heterocycles. The molecule has 2 aliphatic carbocycles. The average molecular weight is 374 g/mol. The van der Waals surface area contributed by atoms with Crippen LogP contribution >= 0.6 is 15.9 Å². The topological polar surface area (TPSA) is 66.4 Å². The van der Waals surface area contributed by atoms with Crippen molar-refractivity contribution in [3.05, 3.63) is 27.7 Å². The van der Waals surface area contributed by atoms with Gasteiger partial charge in [0.2, 0.25) is 10.0 Å². The summed E-state index contributed by atoms with van der Waals surface area (Å²) < 4.78 is 29.0. The minimum atomic E-state index is -3.54. The third-order valence-electron chi connectivity index (χ3n) is 4.87. The lowest BCUT2D eigenvalue weighted by molar-refractivity contribution is 0.281. The second-order valence-electron chi connectivity index (χ2n) is 6.26. The Morgan fingerprint density at radius 2 is 2.10 bits per heavy atom. The van der Waals surface area contributed by atoms with Crippen LogP contribution in [0.2, 0.25) is 0 Å². The fourth-order valence-corrected chi connectivity index (χ4v) is 6.00. The van der Waals surface area contributed by atoms with Crippen LogP contribution in [0.1, 0.15) is 36.8 Å². The summed E-state index contributed by atoms with van der Waals surface area (Å²) >= 11 is 3.37. The molecule has 2 aliphatic rings. The first-order valence-corrected chi connectivity index (χ1v) is 9.60. The van der Waals surface area contributed by atoms with E-state index in [1.54, 1.807) is 19.1 Å². The zero-order valence-corrected chi connectivity index (χ0v) is 14.4. The molecule has 0 aromatic heterocycles. The highest BCUT2D eigenvalue weighted by Crippen LogP contribution is 2.45. The lowest BCUT2D eigenvalue weighted by Crippen LogP contribution is -2.38. The third kappa shape index (κ3) is 2.91. The average Bonchev–Trinajstić information content (AvgIpc) is 3.03. The van der Waals surface area contributed by atoms with E-state index < -0.39 is 10.0 Å². The molecule has 2 N–H and O–H groups in total. The van der Waals surface area contributed by atoms with Gasteiger partial charge in [-0.15, -0.1) is 0 Å². The summed E-state index contributed by atoms with van der Waals surface area (Å²) in [6, 6.07) is 3.39. The standard InChI is InChI=1S/C15H20BrNO3S/c1-9-13(16)5-11(8-18)7-15(9)21(19,20)17-14-6-10-2-3-12(14)4-10/h5,7,10,12,14,17-18H,2-4,6,8H2,1H3. The monoisotopic (exact) mass is 373 g/mol. The van der Waals surface area contributed by atoms with Gasteiger partial charge in [-0.1, -0.05) is 22.4 Å². The molecule has 3 unspecified atom stereocenters. The molecule has 0 amide bonds. The van der Waals surface area contributed by atoms with Gasteiger partial charge in [0.05, 0.1) is 11.5 Å². The lowest BCUT2D eigenvalue weighted by Gasteiger charge is -2.23. The predicted octanol–water partition coefficient (Wildman–Crippen LogP) is 2.72. The van der Waals surface area contributed by atoms with Crippen LogP contribution < -0.4 is 4.72 Å². The smallest absolute Gasteiger partial charge is 0.241 e. The summed E-state index contributed by atoms with van der Waals surface area (Å²) in [5, 5.41) is 9.28. The predicted molar refractivity (Wildman–Crippen MR) is 84.4 cm³/mol. The van der Waals surface area contributed by atoms with Crippen LogP contribution in [0, 0.1) is 18.8 Å². The largest absolute Gasteiger partial charge is 0.392 e. The number of sulfonamides is 1. The van der Waals surface area contributed by atoms with E-state index in [0.717, 1.165) is 19.3 Å². The molecular formula is C15H20BrNO3S. The van der Waals surface area contributed by atoms with Crippen molar-refractivity contribution in [2.75, 3.05) is 0 Å². The quantitative estimate of drug-likeness (QED) is 0.852. The van der Waals surface area contributed by atoms with Crippen molar-refractivity contribution in [2.45, 2.75) is 50.2 Å². The zero-order chi connectivity index (χ0) is 15.2. The van der Waals surface area contributed by atoms with Crippen LogP contribution in [0.25, 0.3) is 0 Å². The van der Waals surface area contributed by atoms with E-state index in [2.05, 4.69) is 20.7 Å². The van der Waals surface area contributed by atoms with Gasteiger partial charge >= 0.3 is 0 Å². The second-order valence-corrected chi connectivity index (χ2v) is 8.80. The van der Waals surface area contributed by atoms with Gasteiger partial charge in [0.15, 0.2) is 0 Å². The highest BCUT2D eigenvalue weighted by molar-refractivity contribution is 9.10. The molecule has 4 nitrogen and oxygen atoms in total. The maximum atomic E-state index is 12.7. The minimum absolute atomic E-state index is 0.0738. The molecule has 0 aliphatic heterocycles. The Balaban J connectivity index is 1.89. The first-order chi connectivity index (χ1) is 9.90. The van der Waals surface area contributed by atoms with Gasteiger partial charge < -0.3 is 5.11 Å². The number of hydrogen-bond donors (Lipinski definition) is 2. The summed E-state index contributed by atoms with van der Waals surface area (Å²) in [6.45, 7) is 1.61. The number of halogens is 1. The Hall–Kier alpha value is -0.430. The Morgan fingerprint density at radius 3 is 2.67 bits per heavy atom. The zero-order valence-electron chi connectivity index (χ0n) is 12.0. The van der Waals surface area contributed by atoms with Crippen molar-refractivity contribution in [1.29, 1.82) is 0 Å². The Bertz CT molecular complexity index is 659. The summed E-state index contributed by atoms with van der Waals surface area (Å²) in [7, 11) is -3.54. The molecule has 0 saturated heterocycles. The van der Waals surface area contributed by atoms with E-state index in [9.17, 15) is 13.5 Å². The molecule has 116 valence electrons. The van der Waals surface area contributed by atoms with Crippen molar-refractivity contribution in [2.24, 2.45) is 11.8 Å². The lowest BCUT2D eigenvalue weighted by atomic mass is 9.96. The van der Waals surface area contributed by atoms with Gasteiger partial charge in [0, 0.05) is 10.5 Å². The number of rotatable bonds is 4. The second kappa shape index (κ2) is 5.65. The van der Waals surface area contributed by atoms with Crippen molar-refractivity contribution < 1.29 is 13.5 Å². The molecule has 1 aromatic rings. The molecule has 0 spiro atoms. The SMILES string of the molecule is Cc1c(Br)cc(CO)cc1S(=O)(=O)NC1CC2CCC1C2. The third-order valence-corrected chi connectivity index (χ3v) is 7.31. The number of aliphatic hydroxyl groups excluding tert-OH is 1. The Labute approximate surface area is 134 Å². The van der Waals surface area contributed by atoms with Crippen molar-refractivity contribution in [1.82, 2.24) is 4.72 Å². The number of hydrogen-bond acceptors (Lipinski definition) is 3. The van der Waals surface area contributed by atoms with Crippen LogP contribution in [0.5, 0.6) is 0 Å². The summed E-state index contributed by atoms with van der Waals surface area (Å²) in [4.78, 5) is 0.267. The van der Waals surface area contributed by atoms with Crippen molar-refractivity contribution in [3.63, 3.8) is 0 Å². The van der Waals surface area contributed by atoms with Crippen LogP contribution in [0.15, 0.2) is 21.5 Å². The van der Waals surface area contributed by atoms with Crippen LogP contribution in [-0.2, 0) is 16.6 Å². The molecule has 0 radical (unpaired) electrons. The van der Waals surface area contributed by atoms with Gasteiger partial charge in [-0.05, 0) is 61.3 Å². The fourth-order valence-electron chi connectivity index (χ4n) is 3.73. The van der Waals surface area contributed by atoms with E-state index in [1.165, 1.54) is 6.42 Å². The number of nitrogens with one attached hydrogen (secondary N) is 1. The highest BCUT2D eigenvalue weighted by Gasteiger charge is 2.41. The molecule has 21 heavy (non-hydrogen) atoms. The molecule has 1 aromatic carbocycles. The molecule has 3 atom stereocenters. The highest BCUT2D eigenvalue weighted by atomic mass is 79.9. The van der Waals surface area contributed by atoms with Gasteiger partial charge in [-0.3, -0.25) is 0 Å². The minimum Gasteiger partial charge on any atom is -0.392 e. The van der Waals surface area contributed by atoms with Crippen molar-refractivity contribution in [3.8, 4) is 0 Å². The molecular weight excluding hydrogens is 354 g/mol. The van der Waals surface area contributed by atoms with E-state index in [4.69, 9.17) is 0 Å². The number of benzene rings is 1. The molecule has 2 saturated carbocycles. The van der Waals surface area contributed by atoms with Gasteiger partial charge in [-0.2, -0.15) is 0 Å². The van der Waals surface area contributed by atoms with E-state index in [-0.39, 0.29) is 17.5 Å². The molecule has 3 rings (SSSR count). The van der Waals surface area contributed by atoms with Gasteiger partial charge in [0.25, 0.3) is 0 Å². The van der Waals surface area contributed by atoms with Crippen LogP contribution in [0.4, 0.5) is 0 Å². The Morgan fingerprint density at radius 1 is 1.33 bits per heavy atom. The summed E-state index contributed by atoms with van der Waals surface area (Å²) in [5.41, 5.74) is 1.28. The first-order valence-electron chi connectivity index (χ1n) is 7.33. The van der Waals surface area contributed by atoms with E-state index in [1.807, 2.05) is 0 Å².